The van der Waals surface area contributed by atoms with E-state index >= 15 is 0 Å². The van der Waals surface area contributed by atoms with E-state index in [0.29, 0.717) is 20.8 Å². The van der Waals surface area contributed by atoms with Crippen molar-refractivity contribution in [1.29, 1.82) is 0 Å². The summed E-state index contributed by atoms with van der Waals surface area (Å²) in [6.45, 7) is 0.184. The van der Waals surface area contributed by atoms with E-state index in [9.17, 15) is 8.78 Å². The van der Waals surface area contributed by atoms with Gasteiger partial charge in [0.2, 0.25) is 0 Å². The van der Waals surface area contributed by atoms with E-state index in [2.05, 4.69) is 15.9 Å². The first-order valence-electron chi connectivity index (χ1n) is 5.08. The van der Waals surface area contributed by atoms with Crippen LogP contribution in [0, 0.1) is 11.6 Å². The fraction of sp³-hybridized carbons (Fsp3) is 0.0769. The van der Waals surface area contributed by atoms with Gasteiger partial charge in [0.05, 0.1) is 9.50 Å². The first-order valence-corrected chi connectivity index (χ1v) is 6.25. The molecule has 0 heterocycles. The third-order valence-electron chi connectivity index (χ3n) is 2.29. The minimum atomic E-state index is -0.397. The molecule has 2 rings (SSSR count). The van der Waals surface area contributed by atoms with Crippen molar-refractivity contribution in [3.8, 4) is 5.75 Å². The maximum absolute atomic E-state index is 12.9. The molecule has 1 nitrogen and oxygen atoms in total. The molecule has 0 saturated heterocycles. The minimum absolute atomic E-state index is 0.184. The molecule has 0 saturated carbocycles. The Morgan fingerprint density at radius 1 is 1.06 bits per heavy atom. The number of halogens is 4. The van der Waals surface area contributed by atoms with Crippen LogP contribution in [0.3, 0.4) is 0 Å². The van der Waals surface area contributed by atoms with Crippen LogP contribution in [0.4, 0.5) is 8.78 Å². The topological polar surface area (TPSA) is 9.23 Å². The van der Waals surface area contributed by atoms with E-state index < -0.39 is 5.82 Å². The minimum Gasteiger partial charge on any atom is -0.488 e. The van der Waals surface area contributed by atoms with Gasteiger partial charge in [-0.2, -0.15) is 0 Å². The molecule has 94 valence electrons. The number of rotatable bonds is 3. The van der Waals surface area contributed by atoms with Gasteiger partial charge in [0.1, 0.15) is 24.0 Å². The van der Waals surface area contributed by atoms with Crippen molar-refractivity contribution >= 4 is 27.5 Å². The van der Waals surface area contributed by atoms with Crippen molar-refractivity contribution in [2.45, 2.75) is 6.61 Å². The summed E-state index contributed by atoms with van der Waals surface area (Å²) in [7, 11) is 0. The fourth-order valence-corrected chi connectivity index (χ4v) is 2.07. The van der Waals surface area contributed by atoms with Gasteiger partial charge in [0.15, 0.2) is 0 Å². The van der Waals surface area contributed by atoms with Gasteiger partial charge >= 0.3 is 0 Å². The molecule has 2 aromatic rings. The Bertz CT molecular complexity index is 523. The molecule has 0 amide bonds. The highest BCUT2D eigenvalue weighted by Gasteiger charge is 2.06. The Labute approximate surface area is 116 Å². The summed E-state index contributed by atoms with van der Waals surface area (Å²) in [5.41, 5.74) is 0.661. The predicted molar refractivity (Wildman–Crippen MR) is 69.8 cm³/mol. The van der Waals surface area contributed by atoms with Gasteiger partial charge in [-0.05, 0) is 46.3 Å². The summed E-state index contributed by atoms with van der Waals surface area (Å²) < 4.78 is 31.7. The molecule has 0 bridgehead atoms. The van der Waals surface area contributed by atoms with E-state index in [1.54, 1.807) is 6.07 Å². The van der Waals surface area contributed by atoms with Crippen molar-refractivity contribution in [2.24, 2.45) is 0 Å². The van der Waals surface area contributed by atoms with E-state index in [1.807, 2.05) is 0 Å². The summed E-state index contributed by atoms with van der Waals surface area (Å²) in [4.78, 5) is 0. The van der Waals surface area contributed by atoms with Gasteiger partial charge in [-0.25, -0.2) is 8.78 Å². The quantitative estimate of drug-likeness (QED) is 0.771. The Hall–Kier alpha value is -1.13. The Morgan fingerprint density at radius 3 is 2.39 bits per heavy atom. The van der Waals surface area contributed by atoms with Crippen LogP contribution in [-0.2, 0) is 6.61 Å². The average Bonchev–Trinajstić information content (AvgIpc) is 2.30. The van der Waals surface area contributed by atoms with E-state index in [0.717, 1.165) is 0 Å². The average molecular weight is 334 g/mol. The smallest absolute Gasteiger partial charge is 0.134 e. The lowest BCUT2D eigenvalue weighted by molar-refractivity contribution is 0.303. The van der Waals surface area contributed by atoms with Crippen LogP contribution in [0.1, 0.15) is 5.56 Å². The van der Waals surface area contributed by atoms with Crippen molar-refractivity contribution in [3.63, 3.8) is 0 Å². The zero-order valence-corrected chi connectivity index (χ0v) is 11.4. The molecule has 0 N–H and O–H groups in total. The Morgan fingerprint density at radius 2 is 1.72 bits per heavy atom. The molecule has 0 fully saturated rings. The largest absolute Gasteiger partial charge is 0.488 e. The first-order chi connectivity index (χ1) is 8.56. The second kappa shape index (κ2) is 5.67. The van der Waals surface area contributed by atoms with Gasteiger partial charge in [0.25, 0.3) is 0 Å². The second-order valence-electron chi connectivity index (χ2n) is 3.60. The van der Waals surface area contributed by atoms with Crippen LogP contribution in [0.2, 0.25) is 5.02 Å². The highest BCUT2D eigenvalue weighted by molar-refractivity contribution is 9.10. The number of hydrogen-bond donors (Lipinski definition) is 0. The molecule has 0 atom stereocenters. The molecule has 5 heteroatoms. The van der Waals surface area contributed by atoms with E-state index in [1.165, 1.54) is 30.3 Å². The van der Waals surface area contributed by atoms with Crippen LogP contribution in [0.15, 0.2) is 40.9 Å². The Balaban J connectivity index is 2.11. The summed E-state index contributed by atoms with van der Waals surface area (Å²) in [5, 5.41) is 0.299. The number of benzene rings is 2. The molecule has 0 radical (unpaired) electrons. The molecule has 0 aromatic heterocycles. The molecule has 0 unspecified atom stereocenters. The summed E-state index contributed by atoms with van der Waals surface area (Å²) in [5.74, 6) is -0.252. The zero-order valence-electron chi connectivity index (χ0n) is 9.09. The highest BCUT2D eigenvalue weighted by atomic mass is 79.9. The molecule has 0 aliphatic rings. The van der Waals surface area contributed by atoms with Crippen LogP contribution >= 0.6 is 27.5 Å². The maximum Gasteiger partial charge on any atom is 0.134 e. The van der Waals surface area contributed by atoms with Gasteiger partial charge < -0.3 is 4.74 Å². The van der Waals surface area contributed by atoms with Crippen molar-refractivity contribution in [3.05, 3.63) is 63.1 Å². The lowest BCUT2D eigenvalue weighted by atomic mass is 10.2. The normalized spacial score (nSPS) is 10.4. The molecule has 18 heavy (non-hydrogen) atoms. The summed E-state index contributed by atoms with van der Waals surface area (Å²) in [6, 6.07) is 8.20. The van der Waals surface area contributed by atoms with Crippen LogP contribution in [-0.4, -0.2) is 0 Å². The van der Waals surface area contributed by atoms with Gasteiger partial charge in [-0.1, -0.05) is 17.7 Å². The summed E-state index contributed by atoms with van der Waals surface area (Å²) >= 11 is 9.06. The molecule has 0 aliphatic heterocycles. The van der Waals surface area contributed by atoms with Crippen molar-refractivity contribution in [1.82, 2.24) is 0 Å². The molecular weight excluding hydrogens is 325 g/mol. The standard InChI is InChI=1S/C13H8BrClF2O/c14-11-5-9(16)3-4-13(11)18-7-8-1-2-10(17)6-12(8)15/h1-6H,7H2. The monoisotopic (exact) mass is 332 g/mol. The predicted octanol–water partition coefficient (Wildman–Crippen LogP) is 4.96. The van der Waals surface area contributed by atoms with Crippen LogP contribution in [0.25, 0.3) is 0 Å². The first kappa shape index (κ1) is 13.3. The third kappa shape index (κ3) is 3.21. The SMILES string of the molecule is Fc1ccc(COc2ccc(F)cc2Br)c(Cl)c1. The molecular formula is C13H8BrClF2O. The maximum atomic E-state index is 12.9. The molecule has 2 aromatic carbocycles. The van der Waals surface area contributed by atoms with Gasteiger partial charge in [0, 0.05) is 5.56 Å². The van der Waals surface area contributed by atoms with Crippen LogP contribution < -0.4 is 4.74 Å². The number of hydrogen-bond acceptors (Lipinski definition) is 1. The summed E-state index contributed by atoms with van der Waals surface area (Å²) in [6.07, 6.45) is 0. The number of ether oxygens (including phenoxy) is 1. The van der Waals surface area contributed by atoms with Crippen molar-refractivity contribution in [2.75, 3.05) is 0 Å². The Kier molecular flexibility index (Phi) is 4.19. The zero-order chi connectivity index (χ0) is 13.1. The van der Waals surface area contributed by atoms with Crippen LogP contribution in [0.5, 0.6) is 5.75 Å². The fourth-order valence-electron chi connectivity index (χ4n) is 1.39. The van der Waals surface area contributed by atoms with E-state index in [4.69, 9.17) is 16.3 Å². The third-order valence-corrected chi connectivity index (χ3v) is 3.26. The lowest BCUT2D eigenvalue weighted by Gasteiger charge is -2.09. The second-order valence-corrected chi connectivity index (χ2v) is 4.86. The van der Waals surface area contributed by atoms with E-state index in [-0.39, 0.29) is 12.4 Å². The van der Waals surface area contributed by atoms with Gasteiger partial charge in [-0.3, -0.25) is 0 Å². The lowest BCUT2D eigenvalue weighted by Crippen LogP contribution is -1.97. The van der Waals surface area contributed by atoms with Crippen molar-refractivity contribution < 1.29 is 13.5 Å². The van der Waals surface area contributed by atoms with Gasteiger partial charge in [-0.15, -0.1) is 0 Å². The molecule has 0 aliphatic carbocycles. The highest BCUT2D eigenvalue weighted by Crippen LogP contribution is 2.27. The molecule has 0 spiro atoms.